The van der Waals surface area contributed by atoms with Gasteiger partial charge in [0.1, 0.15) is 11.5 Å². The van der Waals surface area contributed by atoms with Gasteiger partial charge in [-0.1, -0.05) is 19.9 Å². The molecule has 1 atom stereocenters. The number of hydrogen-bond acceptors (Lipinski definition) is 3. The molecule has 2 aliphatic rings. The number of dihydropyridines is 1. The highest BCUT2D eigenvalue weighted by atomic mass is 16.5. The molecular formula is C16H22N2O. The highest BCUT2D eigenvalue weighted by Gasteiger charge is 2.31. The van der Waals surface area contributed by atoms with Crippen LogP contribution in [0.2, 0.25) is 0 Å². The molecule has 1 unspecified atom stereocenters. The third kappa shape index (κ3) is 2.42. The van der Waals surface area contributed by atoms with Gasteiger partial charge in [-0.2, -0.15) is 0 Å². The van der Waals surface area contributed by atoms with Gasteiger partial charge >= 0.3 is 0 Å². The van der Waals surface area contributed by atoms with Gasteiger partial charge in [-0.3, -0.25) is 9.98 Å². The molecule has 0 spiro atoms. The Morgan fingerprint density at radius 1 is 1.32 bits per heavy atom. The monoisotopic (exact) mass is 258 g/mol. The maximum absolute atomic E-state index is 5.50. The number of fused-ring (bicyclic) bond motifs is 1. The van der Waals surface area contributed by atoms with Gasteiger partial charge in [0.15, 0.2) is 0 Å². The molecule has 0 saturated heterocycles. The van der Waals surface area contributed by atoms with Crippen molar-refractivity contribution >= 4 is 11.4 Å². The van der Waals surface area contributed by atoms with E-state index in [9.17, 15) is 0 Å². The molecule has 102 valence electrons. The van der Waals surface area contributed by atoms with E-state index in [4.69, 9.17) is 9.73 Å². The molecule has 0 saturated carbocycles. The summed E-state index contributed by atoms with van der Waals surface area (Å²) in [5.74, 6) is 0.817. The first-order chi connectivity index (χ1) is 9.06. The van der Waals surface area contributed by atoms with Crippen molar-refractivity contribution in [2.24, 2.45) is 9.98 Å². The van der Waals surface area contributed by atoms with Crippen LogP contribution in [-0.4, -0.2) is 31.1 Å². The third-order valence-electron chi connectivity index (χ3n) is 3.83. The summed E-state index contributed by atoms with van der Waals surface area (Å²) < 4.78 is 5.50. The van der Waals surface area contributed by atoms with Crippen LogP contribution in [0.4, 0.5) is 0 Å². The summed E-state index contributed by atoms with van der Waals surface area (Å²) in [6.45, 7) is 6.52. The lowest BCUT2D eigenvalue weighted by molar-refractivity contribution is 0.314. The van der Waals surface area contributed by atoms with Crippen LogP contribution in [0.5, 0.6) is 0 Å². The second-order valence-electron chi connectivity index (χ2n) is 5.11. The molecule has 3 nitrogen and oxygen atoms in total. The molecule has 19 heavy (non-hydrogen) atoms. The molecule has 0 aromatic rings. The lowest BCUT2D eigenvalue weighted by Crippen LogP contribution is -2.30. The number of allylic oxidation sites excluding steroid dienone is 4. The second kappa shape index (κ2) is 5.16. The summed E-state index contributed by atoms with van der Waals surface area (Å²) in [7, 11) is 3.49. The number of ether oxygens (including phenoxy) is 1. The van der Waals surface area contributed by atoms with Crippen molar-refractivity contribution in [3.63, 3.8) is 0 Å². The summed E-state index contributed by atoms with van der Waals surface area (Å²) in [4.78, 5) is 9.16. The topological polar surface area (TPSA) is 34.0 Å². The third-order valence-corrected chi connectivity index (χ3v) is 3.83. The van der Waals surface area contributed by atoms with Crippen molar-refractivity contribution in [1.29, 1.82) is 0 Å². The minimum Gasteiger partial charge on any atom is -0.494 e. The molecule has 0 N–H and O–H groups in total. The van der Waals surface area contributed by atoms with Crippen molar-refractivity contribution in [3.8, 4) is 0 Å². The highest BCUT2D eigenvalue weighted by Crippen LogP contribution is 2.34. The fourth-order valence-electron chi connectivity index (χ4n) is 2.45. The summed E-state index contributed by atoms with van der Waals surface area (Å²) in [6, 6.07) is 0. The average Bonchev–Trinajstić information content (AvgIpc) is 2.45. The van der Waals surface area contributed by atoms with E-state index in [-0.39, 0.29) is 5.54 Å². The van der Waals surface area contributed by atoms with Gasteiger partial charge in [-0.25, -0.2) is 0 Å². The lowest BCUT2D eigenvalue weighted by atomic mass is 9.83. The number of hydrogen-bond donors (Lipinski definition) is 0. The molecule has 0 bridgehead atoms. The Bertz CT molecular complexity index is 535. The van der Waals surface area contributed by atoms with Crippen LogP contribution < -0.4 is 0 Å². The molecule has 0 amide bonds. The minimum atomic E-state index is -0.128. The standard InChI is InChI=1S/C16H22N2O/c1-6-11-10-16(3,7-2)18-15-13(11)8-12(17-4)9-14(15)19-5/h8-10H,6-7H2,1-5H3. The van der Waals surface area contributed by atoms with Crippen molar-refractivity contribution < 1.29 is 4.74 Å². The van der Waals surface area contributed by atoms with Gasteiger partial charge in [0.25, 0.3) is 0 Å². The van der Waals surface area contributed by atoms with E-state index in [0.29, 0.717) is 0 Å². The van der Waals surface area contributed by atoms with Gasteiger partial charge in [0, 0.05) is 18.7 Å². The molecule has 0 radical (unpaired) electrons. The number of nitrogens with zero attached hydrogens (tertiary/aromatic N) is 2. The van der Waals surface area contributed by atoms with Crippen molar-refractivity contribution in [1.82, 2.24) is 0 Å². The number of rotatable bonds is 3. The Morgan fingerprint density at radius 3 is 2.58 bits per heavy atom. The van der Waals surface area contributed by atoms with Gasteiger partial charge in [-0.15, -0.1) is 0 Å². The molecular weight excluding hydrogens is 236 g/mol. The van der Waals surface area contributed by atoms with E-state index in [0.717, 1.165) is 35.6 Å². The van der Waals surface area contributed by atoms with Crippen LogP contribution >= 0.6 is 0 Å². The molecule has 1 aliphatic carbocycles. The predicted molar refractivity (Wildman–Crippen MR) is 81.0 cm³/mol. The molecule has 1 aliphatic heterocycles. The Kier molecular flexibility index (Phi) is 3.74. The van der Waals surface area contributed by atoms with Crippen LogP contribution in [0, 0.1) is 0 Å². The normalized spacial score (nSPS) is 28.2. The molecule has 0 aromatic heterocycles. The van der Waals surface area contributed by atoms with Crippen molar-refractivity contribution in [2.75, 3.05) is 14.2 Å². The first-order valence-electron chi connectivity index (χ1n) is 6.83. The summed E-state index contributed by atoms with van der Waals surface area (Å²) in [5, 5.41) is 0. The Labute approximate surface area is 115 Å². The summed E-state index contributed by atoms with van der Waals surface area (Å²) in [5.41, 5.74) is 4.27. The summed E-state index contributed by atoms with van der Waals surface area (Å²) >= 11 is 0. The fraction of sp³-hybridized carbons (Fsp3) is 0.500. The van der Waals surface area contributed by atoms with E-state index >= 15 is 0 Å². The first-order valence-corrected chi connectivity index (χ1v) is 6.83. The van der Waals surface area contributed by atoms with Crippen LogP contribution in [0.3, 0.4) is 0 Å². The zero-order valence-corrected chi connectivity index (χ0v) is 12.4. The molecule has 3 heteroatoms. The van der Waals surface area contributed by atoms with Crippen LogP contribution in [-0.2, 0) is 4.74 Å². The predicted octanol–water partition coefficient (Wildman–Crippen LogP) is 3.49. The maximum Gasteiger partial charge on any atom is 0.146 e. The Hall–Kier alpha value is -1.64. The Morgan fingerprint density at radius 2 is 2.05 bits per heavy atom. The summed E-state index contributed by atoms with van der Waals surface area (Å²) in [6.07, 6.45) is 8.32. The van der Waals surface area contributed by atoms with Crippen molar-refractivity contribution in [3.05, 3.63) is 35.1 Å². The second-order valence-corrected chi connectivity index (χ2v) is 5.11. The van der Waals surface area contributed by atoms with E-state index < -0.39 is 0 Å². The zero-order chi connectivity index (χ0) is 14.0. The fourth-order valence-corrected chi connectivity index (χ4v) is 2.45. The van der Waals surface area contributed by atoms with Crippen LogP contribution in [0.1, 0.15) is 33.6 Å². The van der Waals surface area contributed by atoms with E-state index in [1.165, 1.54) is 5.57 Å². The molecule has 1 heterocycles. The SMILES string of the molecule is CCC1=CC(C)(CC)N=C2C(OC)=CC(=NC)C=C12. The molecule has 0 fully saturated rings. The van der Waals surface area contributed by atoms with Crippen LogP contribution in [0.25, 0.3) is 0 Å². The minimum absolute atomic E-state index is 0.128. The van der Waals surface area contributed by atoms with Gasteiger partial charge in [0.05, 0.1) is 18.4 Å². The highest BCUT2D eigenvalue weighted by molar-refractivity contribution is 6.25. The van der Waals surface area contributed by atoms with Crippen LogP contribution in [0.15, 0.2) is 45.1 Å². The smallest absolute Gasteiger partial charge is 0.146 e. The average molecular weight is 258 g/mol. The van der Waals surface area contributed by atoms with Gasteiger partial charge in [-0.05, 0) is 31.4 Å². The Balaban J connectivity index is 2.59. The van der Waals surface area contributed by atoms with Gasteiger partial charge in [0.2, 0.25) is 0 Å². The van der Waals surface area contributed by atoms with Crippen molar-refractivity contribution in [2.45, 2.75) is 39.2 Å². The number of aliphatic imine (C=N–C) groups is 2. The van der Waals surface area contributed by atoms with E-state index in [2.05, 4.69) is 37.9 Å². The first kappa shape index (κ1) is 13.8. The maximum atomic E-state index is 5.50. The largest absolute Gasteiger partial charge is 0.494 e. The van der Waals surface area contributed by atoms with E-state index in [1.807, 2.05) is 6.08 Å². The molecule has 2 rings (SSSR count). The van der Waals surface area contributed by atoms with Gasteiger partial charge < -0.3 is 4.74 Å². The lowest BCUT2D eigenvalue weighted by Gasteiger charge is -2.31. The number of methoxy groups -OCH3 is 1. The zero-order valence-electron chi connectivity index (χ0n) is 12.4. The quantitative estimate of drug-likeness (QED) is 0.713. The molecule has 0 aromatic carbocycles. The van der Waals surface area contributed by atoms with E-state index in [1.54, 1.807) is 14.2 Å².